The molecule has 0 aromatic heterocycles. The Morgan fingerprint density at radius 2 is 1.07 bits per heavy atom. The molecule has 0 aromatic carbocycles. The summed E-state index contributed by atoms with van der Waals surface area (Å²) in [6.45, 7) is 3.26. The van der Waals surface area contributed by atoms with Crippen molar-refractivity contribution in [3.05, 3.63) is 12.2 Å². The van der Waals surface area contributed by atoms with Gasteiger partial charge in [-0.3, -0.25) is 9.35 Å². The second-order valence-electron chi connectivity index (χ2n) is 17.2. The lowest BCUT2D eigenvalue weighted by molar-refractivity contribution is -0.298. The number of aliphatic hydroxyl groups is 5. The highest BCUT2D eigenvalue weighted by Gasteiger charge is 2.48. The van der Waals surface area contributed by atoms with Gasteiger partial charge in [-0.25, -0.2) is 4.18 Å². The molecule has 356 valence electrons. The zero-order valence-electron chi connectivity index (χ0n) is 37.6. The maximum absolute atomic E-state index is 13.1. The van der Waals surface area contributed by atoms with Gasteiger partial charge in [0.15, 0.2) is 6.29 Å². The molecule has 0 aliphatic carbocycles. The lowest BCUT2D eigenvalue weighted by atomic mass is 9.99. The second-order valence-corrected chi connectivity index (χ2v) is 18.2. The summed E-state index contributed by atoms with van der Waals surface area (Å²) in [6, 6.07) is -1.04. The zero-order valence-corrected chi connectivity index (χ0v) is 38.5. The Morgan fingerprint density at radius 1 is 0.650 bits per heavy atom. The van der Waals surface area contributed by atoms with E-state index in [1.54, 1.807) is 0 Å². The van der Waals surface area contributed by atoms with Gasteiger partial charge in [0.1, 0.15) is 30.5 Å². The van der Waals surface area contributed by atoms with Crippen LogP contribution < -0.4 is 5.32 Å². The van der Waals surface area contributed by atoms with Crippen LogP contribution in [0.5, 0.6) is 0 Å². The van der Waals surface area contributed by atoms with Crippen LogP contribution in [0.4, 0.5) is 0 Å². The normalized spacial score (nSPS) is 21.4. The third kappa shape index (κ3) is 29.2. The van der Waals surface area contributed by atoms with E-state index in [4.69, 9.17) is 9.47 Å². The van der Waals surface area contributed by atoms with E-state index < -0.39 is 78.5 Å². The van der Waals surface area contributed by atoms with E-state index in [-0.39, 0.29) is 6.42 Å². The van der Waals surface area contributed by atoms with Gasteiger partial charge in [-0.2, -0.15) is 8.42 Å². The van der Waals surface area contributed by atoms with E-state index in [2.05, 4.69) is 35.5 Å². The Morgan fingerprint density at radius 3 is 1.52 bits per heavy atom. The maximum Gasteiger partial charge on any atom is 0.397 e. The highest BCUT2D eigenvalue weighted by atomic mass is 32.3. The van der Waals surface area contributed by atoms with Crippen molar-refractivity contribution in [2.45, 2.75) is 262 Å². The van der Waals surface area contributed by atoms with Crippen LogP contribution in [0.25, 0.3) is 0 Å². The zero-order chi connectivity index (χ0) is 44.3. The predicted octanol–water partition coefficient (Wildman–Crippen LogP) is 8.53. The van der Waals surface area contributed by atoms with Crippen molar-refractivity contribution in [1.82, 2.24) is 5.32 Å². The predicted molar refractivity (Wildman–Crippen MR) is 238 cm³/mol. The number of hydrogen-bond acceptors (Lipinski definition) is 11. The van der Waals surface area contributed by atoms with Gasteiger partial charge >= 0.3 is 10.4 Å². The summed E-state index contributed by atoms with van der Waals surface area (Å²) in [5.74, 6) is -0.684. The summed E-state index contributed by atoms with van der Waals surface area (Å²) in [7, 11) is -5.11. The number of hydrogen-bond donors (Lipinski definition) is 7. The molecular weight excluding hydrogens is 791 g/mol. The fraction of sp³-hybridized carbons (Fsp3) is 0.935. The fourth-order valence-electron chi connectivity index (χ4n) is 7.81. The number of rotatable bonds is 41. The van der Waals surface area contributed by atoms with E-state index in [0.29, 0.717) is 19.3 Å². The molecule has 0 aromatic rings. The molecule has 1 amide bonds. The third-order valence-electron chi connectivity index (χ3n) is 11.7. The van der Waals surface area contributed by atoms with Crippen LogP contribution in [-0.2, 0) is 28.9 Å². The first-order valence-electron chi connectivity index (χ1n) is 24.2. The topological polar surface area (TPSA) is 212 Å². The fourth-order valence-corrected chi connectivity index (χ4v) is 8.32. The van der Waals surface area contributed by atoms with Crippen LogP contribution in [0.1, 0.15) is 213 Å². The molecule has 1 aliphatic heterocycles. The van der Waals surface area contributed by atoms with Gasteiger partial charge in [0.05, 0.1) is 25.4 Å². The average Bonchev–Trinajstić information content (AvgIpc) is 3.22. The number of carbonyl (C=O) groups excluding carboxylic acids is 1. The molecule has 0 bridgehead atoms. The van der Waals surface area contributed by atoms with Gasteiger partial charge in [0, 0.05) is 0 Å². The van der Waals surface area contributed by atoms with Crippen LogP contribution in [0, 0.1) is 0 Å². The largest absolute Gasteiger partial charge is 0.397 e. The van der Waals surface area contributed by atoms with Crippen LogP contribution in [0.2, 0.25) is 0 Å². The van der Waals surface area contributed by atoms with Crippen LogP contribution in [0.15, 0.2) is 12.2 Å². The minimum atomic E-state index is -5.11. The van der Waals surface area contributed by atoms with Gasteiger partial charge in [0.2, 0.25) is 5.91 Å². The first-order chi connectivity index (χ1) is 28.9. The van der Waals surface area contributed by atoms with Crippen LogP contribution in [-0.4, -0.2) is 107 Å². The second kappa shape index (κ2) is 37.2. The molecule has 0 radical (unpaired) electrons. The number of amides is 1. The first kappa shape index (κ1) is 56.8. The summed E-state index contributed by atoms with van der Waals surface area (Å²) in [5.41, 5.74) is 0. The van der Waals surface area contributed by atoms with E-state index in [1.807, 2.05) is 0 Å². The summed E-state index contributed by atoms with van der Waals surface area (Å²) >= 11 is 0. The van der Waals surface area contributed by atoms with Gasteiger partial charge in [-0.1, -0.05) is 187 Å². The standard InChI is InChI=1S/C46H89NO12S/c1-3-5-7-9-11-13-15-17-18-19-20-21-22-23-25-26-28-30-32-34-39(49)38(37-57-46-43(52)44(59-60(54,55)56)42(51)41(36-48)58-46)47-45(53)40(50)35-33-31-29-27-24-16-14-12-10-8-6-4-2/h24,27,38-44,46,48-52H,3-23,25-26,28-37H2,1-2H3,(H,47,53)(H,54,55,56)/b27-24-. The molecule has 8 unspecified atom stereocenters. The van der Waals surface area contributed by atoms with E-state index in [1.165, 1.54) is 135 Å². The van der Waals surface area contributed by atoms with Crippen molar-refractivity contribution < 1.29 is 57.0 Å². The Labute approximate surface area is 364 Å². The molecule has 1 fully saturated rings. The maximum atomic E-state index is 13.1. The number of aliphatic hydroxyl groups excluding tert-OH is 5. The number of unbranched alkanes of at least 4 members (excludes halogenated alkanes) is 26. The van der Waals surface area contributed by atoms with Crippen molar-refractivity contribution in [1.29, 1.82) is 0 Å². The first-order valence-corrected chi connectivity index (χ1v) is 25.5. The molecule has 0 spiro atoms. The van der Waals surface area contributed by atoms with Crippen molar-refractivity contribution in [3.8, 4) is 0 Å². The van der Waals surface area contributed by atoms with Crippen LogP contribution in [0.3, 0.4) is 0 Å². The Hall–Kier alpha value is -1.20. The average molecular weight is 880 g/mol. The smallest absolute Gasteiger partial charge is 0.394 e. The monoisotopic (exact) mass is 880 g/mol. The molecular formula is C46H89NO12S. The van der Waals surface area contributed by atoms with Gasteiger partial charge in [-0.15, -0.1) is 0 Å². The van der Waals surface area contributed by atoms with E-state index in [0.717, 1.165) is 38.5 Å². The Balaban J connectivity index is 2.53. The molecule has 7 N–H and O–H groups in total. The summed E-state index contributed by atoms with van der Waals surface area (Å²) in [4.78, 5) is 13.1. The summed E-state index contributed by atoms with van der Waals surface area (Å²) in [5, 5.41) is 55.3. The Kier molecular flexibility index (Phi) is 35.2. The van der Waals surface area contributed by atoms with Crippen molar-refractivity contribution in [2.24, 2.45) is 0 Å². The van der Waals surface area contributed by atoms with E-state index in [9.17, 15) is 43.3 Å². The Bertz CT molecular complexity index is 1140. The molecule has 14 heteroatoms. The molecule has 1 heterocycles. The SMILES string of the molecule is CCCCCCCC/C=C\CCCCC(O)C(=O)NC(COC1OC(CO)C(O)C(OS(=O)(=O)O)C1O)C(O)CCCCCCCCCCCCCCCCCCCCC. The molecule has 1 saturated heterocycles. The highest BCUT2D eigenvalue weighted by Crippen LogP contribution is 2.26. The van der Waals surface area contributed by atoms with Crippen molar-refractivity contribution in [2.75, 3.05) is 13.2 Å². The van der Waals surface area contributed by atoms with E-state index >= 15 is 0 Å². The molecule has 1 aliphatic rings. The minimum Gasteiger partial charge on any atom is -0.394 e. The summed E-state index contributed by atoms with van der Waals surface area (Å²) in [6.07, 6.45) is 28.3. The van der Waals surface area contributed by atoms with Gasteiger partial charge in [-0.05, 0) is 38.5 Å². The molecule has 8 atom stereocenters. The highest BCUT2D eigenvalue weighted by molar-refractivity contribution is 7.80. The van der Waals surface area contributed by atoms with Gasteiger partial charge < -0.3 is 40.3 Å². The number of ether oxygens (including phenoxy) is 2. The molecule has 1 rings (SSSR count). The van der Waals surface area contributed by atoms with Gasteiger partial charge in [0.25, 0.3) is 0 Å². The summed E-state index contributed by atoms with van der Waals surface area (Å²) < 4.78 is 47.6. The quantitative estimate of drug-likeness (QED) is 0.0175. The number of allylic oxidation sites excluding steroid dienone is 2. The lowest BCUT2D eigenvalue weighted by Gasteiger charge is -2.41. The van der Waals surface area contributed by atoms with Crippen LogP contribution >= 0.6 is 0 Å². The molecule has 13 nitrogen and oxygen atoms in total. The number of carbonyl (C=O) groups is 1. The minimum absolute atomic E-state index is 0.231. The van der Waals surface area contributed by atoms with Crippen molar-refractivity contribution >= 4 is 16.3 Å². The van der Waals surface area contributed by atoms with Crippen molar-refractivity contribution in [3.63, 3.8) is 0 Å². The number of nitrogens with one attached hydrogen (secondary N) is 1. The molecule has 60 heavy (non-hydrogen) atoms. The lowest BCUT2D eigenvalue weighted by Crippen LogP contribution is -2.61. The molecule has 0 saturated carbocycles. The third-order valence-corrected chi connectivity index (χ3v) is 12.1.